The topological polar surface area (TPSA) is 52.8 Å². The van der Waals surface area contributed by atoms with E-state index in [0.717, 1.165) is 51.4 Å². The van der Waals surface area contributed by atoms with Crippen molar-refractivity contribution in [2.75, 3.05) is 0 Å². The first-order valence-corrected chi connectivity index (χ1v) is 8.05. The van der Waals surface area contributed by atoms with Gasteiger partial charge in [-0.1, -0.05) is 65.0 Å². The van der Waals surface area contributed by atoms with Gasteiger partial charge in [0, 0.05) is 5.92 Å². The van der Waals surface area contributed by atoms with Crippen molar-refractivity contribution in [2.45, 2.75) is 85.2 Å². The highest BCUT2D eigenvalue weighted by Gasteiger charge is 2.27. The maximum absolute atomic E-state index is 10.5. The molecule has 0 spiro atoms. The van der Waals surface area contributed by atoms with Gasteiger partial charge in [-0.05, 0) is 25.2 Å². The van der Waals surface area contributed by atoms with Crippen LogP contribution in [-0.4, -0.2) is 22.1 Å². The molecule has 0 amide bonds. The molecule has 0 fully saturated rings. The number of oxime groups is 1. The van der Waals surface area contributed by atoms with E-state index >= 15 is 0 Å². The van der Waals surface area contributed by atoms with E-state index in [1.54, 1.807) is 0 Å². The van der Waals surface area contributed by atoms with Crippen LogP contribution >= 0.6 is 0 Å². The standard InChI is InChI=1S/C16H33NO2/c1-5-9-11-13(7-3)15(17-19)16(18)14(8-4)12-10-6-2/h13-14,16,18-19H,5-12H2,1-4H3/t13-,14+,16+/m0/s1. The first kappa shape index (κ1) is 18.4. The first-order valence-electron chi connectivity index (χ1n) is 8.05. The molecular weight excluding hydrogens is 238 g/mol. The van der Waals surface area contributed by atoms with E-state index in [1.807, 2.05) is 0 Å². The first-order chi connectivity index (χ1) is 9.15. The SMILES string of the molecule is CCCC[C@H](CC)C(=NO)[C@H](O)[C@H](CC)CCCC. The third-order valence-electron chi connectivity index (χ3n) is 4.14. The van der Waals surface area contributed by atoms with Crippen molar-refractivity contribution >= 4 is 5.71 Å². The molecule has 0 aliphatic rings. The normalized spacial score (nSPS) is 17.2. The molecule has 0 unspecified atom stereocenters. The van der Waals surface area contributed by atoms with Crippen molar-refractivity contribution in [3.05, 3.63) is 0 Å². The van der Waals surface area contributed by atoms with Gasteiger partial charge in [-0.15, -0.1) is 0 Å². The molecule has 0 aromatic carbocycles. The Labute approximate surface area is 119 Å². The molecule has 0 heterocycles. The predicted octanol–water partition coefficient (Wildman–Crippen LogP) is 4.61. The summed E-state index contributed by atoms with van der Waals surface area (Å²) in [5.41, 5.74) is 0.610. The van der Waals surface area contributed by atoms with E-state index in [9.17, 15) is 10.3 Å². The summed E-state index contributed by atoms with van der Waals surface area (Å²) in [6.07, 6.45) is 7.83. The summed E-state index contributed by atoms with van der Waals surface area (Å²) >= 11 is 0. The molecule has 3 heteroatoms. The van der Waals surface area contributed by atoms with Gasteiger partial charge in [0.05, 0.1) is 11.8 Å². The van der Waals surface area contributed by atoms with Crippen LogP contribution in [0.25, 0.3) is 0 Å². The number of rotatable bonds is 11. The third kappa shape index (κ3) is 6.42. The van der Waals surface area contributed by atoms with Crippen LogP contribution in [0, 0.1) is 11.8 Å². The molecule has 19 heavy (non-hydrogen) atoms. The molecule has 3 atom stereocenters. The molecule has 0 aliphatic carbocycles. The summed E-state index contributed by atoms with van der Waals surface area (Å²) in [5.74, 6) is 0.442. The van der Waals surface area contributed by atoms with Gasteiger partial charge >= 0.3 is 0 Å². The lowest BCUT2D eigenvalue weighted by atomic mass is 9.83. The van der Waals surface area contributed by atoms with Crippen molar-refractivity contribution in [1.29, 1.82) is 0 Å². The Hall–Kier alpha value is -0.570. The summed E-state index contributed by atoms with van der Waals surface area (Å²) in [7, 11) is 0. The average Bonchev–Trinajstić information content (AvgIpc) is 2.44. The monoisotopic (exact) mass is 271 g/mol. The molecule has 2 N–H and O–H groups in total. The zero-order valence-electron chi connectivity index (χ0n) is 13.2. The fraction of sp³-hybridized carbons (Fsp3) is 0.938. The molecule has 0 radical (unpaired) electrons. The number of aliphatic hydroxyl groups excluding tert-OH is 1. The molecule has 0 rings (SSSR count). The van der Waals surface area contributed by atoms with Crippen LogP contribution in [-0.2, 0) is 0 Å². The smallest absolute Gasteiger partial charge is 0.0984 e. The van der Waals surface area contributed by atoms with Crippen LogP contribution in [0.3, 0.4) is 0 Å². The van der Waals surface area contributed by atoms with E-state index in [4.69, 9.17) is 0 Å². The highest BCUT2D eigenvalue weighted by molar-refractivity contribution is 5.90. The minimum absolute atomic E-state index is 0.218. The summed E-state index contributed by atoms with van der Waals surface area (Å²) in [4.78, 5) is 0. The molecule has 0 saturated heterocycles. The zero-order chi connectivity index (χ0) is 14.7. The Kier molecular flexibility index (Phi) is 10.9. The molecule has 0 aliphatic heterocycles. The maximum Gasteiger partial charge on any atom is 0.0984 e. The predicted molar refractivity (Wildman–Crippen MR) is 81.8 cm³/mol. The van der Waals surface area contributed by atoms with Crippen LogP contribution in [0.5, 0.6) is 0 Å². The Morgan fingerprint density at radius 3 is 1.95 bits per heavy atom. The second kappa shape index (κ2) is 11.3. The fourth-order valence-corrected chi connectivity index (χ4v) is 2.69. The van der Waals surface area contributed by atoms with E-state index in [-0.39, 0.29) is 11.8 Å². The van der Waals surface area contributed by atoms with Crippen molar-refractivity contribution in [3.8, 4) is 0 Å². The zero-order valence-corrected chi connectivity index (χ0v) is 13.2. The lowest BCUT2D eigenvalue weighted by Crippen LogP contribution is -2.34. The van der Waals surface area contributed by atoms with Gasteiger partial charge in [0.1, 0.15) is 0 Å². The van der Waals surface area contributed by atoms with Crippen molar-refractivity contribution in [2.24, 2.45) is 17.0 Å². The number of nitrogens with zero attached hydrogens (tertiary/aromatic N) is 1. The van der Waals surface area contributed by atoms with Gasteiger partial charge in [0.25, 0.3) is 0 Å². The van der Waals surface area contributed by atoms with Gasteiger partial charge < -0.3 is 10.3 Å². The summed E-state index contributed by atoms with van der Waals surface area (Å²) in [6.45, 7) is 8.53. The minimum atomic E-state index is -0.580. The minimum Gasteiger partial charge on any atom is -0.411 e. The van der Waals surface area contributed by atoms with Crippen LogP contribution < -0.4 is 0 Å². The van der Waals surface area contributed by atoms with Gasteiger partial charge in [-0.25, -0.2) is 0 Å². The van der Waals surface area contributed by atoms with Crippen molar-refractivity contribution < 1.29 is 10.3 Å². The van der Waals surface area contributed by atoms with E-state index in [2.05, 4.69) is 32.9 Å². The van der Waals surface area contributed by atoms with Crippen molar-refractivity contribution in [3.63, 3.8) is 0 Å². The van der Waals surface area contributed by atoms with Crippen LogP contribution in [0.4, 0.5) is 0 Å². The van der Waals surface area contributed by atoms with E-state index in [1.165, 1.54) is 0 Å². The Bertz CT molecular complexity index is 241. The van der Waals surface area contributed by atoms with Crippen LogP contribution in [0.2, 0.25) is 0 Å². The van der Waals surface area contributed by atoms with Crippen LogP contribution in [0.1, 0.15) is 79.1 Å². The Morgan fingerprint density at radius 2 is 1.53 bits per heavy atom. The molecule has 114 valence electrons. The quantitative estimate of drug-likeness (QED) is 0.327. The Morgan fingerprint density at radius 1 is 0.947 bits per heavy atom. The van der Waals surface area contributed by atoms with Crippen molar-refractivity contribution in [1.82, 2.24) is 0 Å². The number of hydrogen-bond acceptors (Lipinski definition) is 3. The molecule has 3 nitrogen and oxygen atoms in total. The van der Waals surface area contributed by atoms with Crippen LogP contribution in [0.15, 0.2) is 5.16 Å². The highest BCUT2D eigenvalue weighted by atomic mass is 16.4. The number of aliphatic hydroxyl groups is 1. The molecule has 0 saturated carbocycles. The van der Waals surface area contributed by atoms with Gasteiger partial charge in [-0.3, -0.25) is 0 Å². The molecule has 0 aromatic rings. The fourth-order valence-electron chi connectivity index (χ4n) is 2.69. The second-order valence-electron chi connectivity index (χ2n) is 5.53. The second-order valence-corrected chi connectivity index (χ2v) is 5.53. The summed E-state index contributed by atoms with van der Waals surface area (Å²) < 4.78 is 0. The maximum atomic E-state index is 10.5. The molecular formula is C16H33NO2. The largest absolute Gasteiger partial charge is 0.411 e. The van der Waals surface area contributed by atoms with E-state index in [0.29, 0.717) is 5.71 Å². The number of unbranched alkanes of at least 4 members (excludes halogenated alkanes) is 2. The van der Waals surface area contributed by atoms with Gasteiger partial charge in [-0.2, -0.15) is 0 Å². The van der Waals surface area contributed by atoms with Gasteiger partial charge in [0.15, 0.2) is 0 Å². The molecule has 0 aromatic heterocycles. The Balaban J connectivity index is 4.69. The summed E-state index contributed by atoms with van der Waals surface area (Å²) in [6, 6.07) is 0. The summed E-state index contributed by atoms with van der Waals surface area (Å²) in [5, 5.41) is 23.3. The third-order valence-corrected chi connectivity index (χ3v) is 4.14. The highest BCUT2D eigenvalue weighted by Crippen LogP contribution is 2.24. The van der Waals surface area contributed by atoms with E-state index < -0.39 is 6.10 Å². The lowest BCUT2D eigenvalue weighted by Gasteiger charge is -2.26. The van der Waals surface area contributed by atoms with Gasteiger partial charge in [0.2, 0.25) is 0 Å². The molecule has 0 bridgehead atoms. The number of hydrogen-bond donors (Lipinski definition) is 2. The lowest BCUT2D eigenvalue weighted by molar-refractivity contribution is 0.146. The average molecular weight is 271 g/mol.